The van der Waals surface area contributed by atoms with Crippen molar-refractivity contribution in [3.8, 4) is 16.9 Å². The van der Waals surface area contributed by atoms with Crippen molar-refractivity contribution in [2.24, 2.45) is 0 Å². The number of carbonyl (C=O) groups is 1. The monoisotopic (exact) mass is 522 g/mol. The third-order valence-corrected chi connectivity index (χ3v) is 5.95. The number of ether oxygens (including phenoxy) is 3. The molecule has 0 N–H and O–H groups in total. The smallest absolute Gasteiger partial charge is 0.335 e. The van der Waals surface area contributed by atoms with Crippen molar-refractivity contribution in [3.63, 3.8) is 0 Å². The molecule has 0 fully saturated rings. The zero-order valence-corrected chi connectivity index (χ0v) is 21.5. The van der Waals surface area contributed by atoms with Crippen molar-refractivity contribution in [1.29, 1.82) is 0 Å². The van der Waals surface area contributed by atoms with Crippen LogP contribution in [0.2, 0.25) is 0 Å². The van der Waals surface area contributed by atoms with Gasteiger partial charge in [0.1, 0.15) is 12.4 Å². The fourth-order valence-corrected chi connectivity index (χ4v) is 3.80. The summed E-state index contributed by atoms with van der Waals surface area (Å²) in [5.74, 6) is 0.456. The second kappa shape index (κ2) is 13.1. The molecule has 0 aliphatic carbocycles. The number of carbonyl (C=O) groups excluding carboxylic acids is 1. The largest absolute Gasteiger partial charge is 0.490 e. The number of rotatable bonds is 11. The van der Waals surface area contributed by atoms with Gasteiger partial charge in [0.15, 0.2) is 6.10 Å². The van der Waals surface area contributed by atoms with E-state index in [0.29, 0.717) is 26.2 Å². The molecule has 0 spiro atoms. The van der Waals surface area contributed by atoms with E-state index in [-0.39, 0.29) is 5.97 Å². The first-order valence-corrected chi connectivity index (χ1v) is 12.3. The normalized spacial score (nSPS) is 12.3. The van der Waals surface area contributed by atoms with Crippen LogP contribution in [0.5, 0.6) is 5.75 Å². The zero-order valence-electron chi connectivity index (χ0n) is 19.9. The van der Waals surface area contributed by atoms with Crippen LogP contribution in [-0.2, 0) is 20.7 Å². The van der Waals surface area contributed by atoms with Gasteiger partial charge in [-0.15, -0.1) is 0 Å². The minimum absolute atomic E-state index is 0.324. The molecule has 0 heterocycles. The summed E-state index contributed by atoms with van der Waals surface area (Å²) in [6, 6.07) is 24.6. The molecule has 0 saturated heterocycles. The summed E-state index contributed by atoms with van der Waals surface area (Å²) in [6.07, 6.45) is 1.97. The quantitative estimate of drug-likeness (QED) is 0.251. The number of halogens is 1. The summed E-state index contributed by atoms with van der Waals surface area (Å²) in [6.45, 7) is 7.03. The fraction of sp³-hybridized carbons (Fsp3) is 0.276. The standard InChI is InChI=1S/C29H31BrO4/c1-4-32-28(29(31)33-5-2)20-22-6-16-27(17-7-22)34-19-18-21(3)23-8-10-24(11-9-23)25-12-14-26(30)15-13-25/h6-18,28H,4-5,19-20H2,1-3H3/t28-/m0/s1. The summed E-state index contributed by atoms with van der Waals surface area (Å²) >= 11 is 3.48. The lowest BCUT2D eigenvalue weighted by Gasteiger charge is -2.15. The first kappa shape index (κ1) is 25.7. The summed E-state index contributed by atoms with van der Waals surface area (Å²) in [7, 11) is 0. The van der Waals surface area contributed by atoms with Crippen LogP contribution in [0.25, 0.3) is 16.7 Å². The zero-order chi connectivity index (χ0) is 24.3. The predicted molar refractivity (Wildman–Crippen MR) is 141 cm³/mol. The lowest BCUT2D eigenvalue weighted by atomic mass is 10.0. The van der Waals surface area contributed by atoms with Crippen molar-refractivity contribution < 1.29 is 19.0 Å². The lowest BCUT2D eigenvalue weighted by Crippen LogP contribution is -2.28. The Morgan fingerprint density at radius 3 is 2.09 bits per heavy atom. The fourth-order valence-electron chi connectivity index (χ4n) is 3.53. The van der Waals surface area contributed by atoms with E-state index in [4.69, 9.17) is 14.2 Å². The predicted octanol–water partition coefficient (Wildman–Crippen LogP) is 7.11. The van der Waals surface area contributed by atoms with Gasteiger partial charge in [0.25, 0.3) is 0 Å². The summed E-state index contributed by atoms with van der Waals surface area (Å²) in [5, 5.41) is 0. The van der Waals surface area contributed by atoms with Gasteiger partial charge < -0.3 is 14.2 Å². The minimum Gasteiger partial charge on any atom is -0.490 e. The van der Waals surface area contributed by atoms with Gasteiger partial charge >= 0.3 is 5.97 Å². The average molecular weight is 523 g/mol. The molecule has 3 rings (SSSR count). The summed E-state index contributed by atoms with van der Waals surface area (Å²) < 4.78 is 17.6. The molecule has 0 aromatic heterocycles. The molecule has 0 radical (unpaired) electrons. The molecule has 5 heteroatoms. The molecule has 0 bridgehead atoms. The Labute approximate surface area is 210 Å². The van der Waals surface area contributed by atoms with E-state index in [2.05, 4.69) is 77.5 Å². The Kier molecular flexibility index (Phi) is 9.92. The van der Waals surface area contributed by atoms with E-state index in [1.807, 2.05) is 31.2 Å². The Hall–Kier alpha value is -2.89. The number of hydrogen-bond acceptors (Lipinski definition) is 4. The third-order valence-electron chi connectivity index (χ3n) is 5.42. The summed E-state index contributed by atoms with van der Waals surface area (Å²) in [4.78, 5) is 12.0. The second-order valence-corrected chi connectivity index (χ2v) is 8.74. The van der Waals surface area contributed by atoms with Crippen molar-refractivity contribution in [2.45, 2.75) is 33.3 Å². The van der Waals surface area contributed by atoms with Crippen molar-refractivity contribution in [3.05, 3.63) is 94.5 Å². The van der Waals surface area contributed by atoms with Crippen molar-refractivity contribution >= 4 is 27.5 Å². The molecule has 0 amide bonds. The highest BCUT2D eigenvalue weighted by molar-refractivity contribution is 9.10. The number of hydrogen-bond donors (Lipinski definition) is 0. The Morgan fingerprint density at radius 2 is 1.50 bits per heavy atom. The second-order valence-electron chi connectivity index (χ2n) is 7.83. The first-order chi connectivity index (χ1) is 16.5. The first-order valence-electron chi connectivity index (χ1n) is 11.5. The van der Waals surface area contributed by atoms with E-state index >= 15 is 0 Å². The van der Waals surface area contributed by atoms with Crippen LogP contribution in [0.3, 0.4) is 0 Å². The highest BCUT2D eigenvalue weighted by Crippen LogP contribution is 2.24. The highest BCUT2D eigenvalue weighted by atomic mass is 79.9. The Bertz CT molecular complexity index is 1070. The third kappa shape index (κ3) is 7.57. The molecule has 0 aliphatic heterocycles. The molecule has 178 valence electrons. The Morgan fingerprint density at radius 1 is 0.882 bits per heavy atom. The van der Waals surface area contributed by atoms with Gasteiger partial charge in [0.05, 0.1) is 6.61 Å². The van der Waals surface area contributed by atoms with Crippen LogP contribution in [0, 0.1) is 0 Å². The maximum absolute atomic E-state index is 12.0. The minimum atomic E-state index is -0.586. The van der Waals surface area contributed by atoms with Gasteiger partial charge in [0, 0.05) is 17.5 Å². The highest BCUT2D eigenvalue weighted by Gasteiger charge is 2.20. The maximum Gasteiger partial charge on any atom is 0.335 e. The molecule has 3 aromatic carbocycles. The molecule has 0 aliphatic rings. The molecule has 34 heavy (non-hydrogen) atoms. The van der Waals surface area contributed by atoms with E-state index in [1.165, 1.54) is 16.7 Å². The molecular formula is C29H31BrO4. The van der Waals surface area contributed by atoms with Gasteiger partial charge in [-0.1, -0.05) is 64.5 Å². The van der Waals surface area contributed by atoms with E-state index in [9.17, 15) is 4.79 Å². The molecule has 4 nitrogen and oxygen atoms in total. The maximum atomic E-state index is 12.0. The number of esters is 1. The molecule has 3 aromatic rings. The average Bonchev–Trinajstić information content (AvgIpc) is 2.85. The van der Waals surface area contributed by atoms with Gasteiger partial charge in [-0.2, -0.15) is 0 Å². The lowest BCUT2D eigenvalue weighted by molar-refractivity contribution is -0.156. The molecule has 1 atom stereocenters. The van der Waals surface area contributed by atoms with Gasteiger partial charge in [-0.25, -0.2) is 4.79 Å². The SMILES string of the molecule is CCOC(=O)[C@H](Cc1ccc(OCC=C(C)c2ccc(-c3ccc(Br)cc3)cc2)cc1)OCC. The Balaban J connectivity index is 1.54. The van der Waals surface area contributed by atoms with Crippen LogP contribution in [0.15, 0.2) is 83.3 Å². The van der Waals surface area contributed by atoms with Crippen molar-refractivity contribution in [1.82, 2.24) is 0 Å². The molecule has 0 unspecified atom stereocenters. The van der Waals surface area contributed by atoms with Gasteiger partial charge in [0.2, 0.25) is 0 Å². The van der Waals surface area contributed by atoms with E-state index in [0.717, 1.165) is 21.4 Å². The van der Waals surface area contributed by atoms with Gasteiger partial charge in [-0.3, -0.25) is 0 Å². The van der Waals surface area contributed by atoms with Gasteiger partial charge in [-0.05, 0) is 78.9 Å². The number of allylic oxidation sites excluding steroid dienone is 1. The van der Waals surface area contributed by atoms with Crippen LogP contribution < -0.4 is 4.74 Å². The molecular weight excluding hydrogens is 492 g/mol. The molecule has 0 saturated carbocycles. The van der Waals surface area contributed by atoms with Crippen LogP contribution in [0.1, 0.15) is 31.9 Å². The van der Waals surface area contributed by atoms with Crippen LogP contribution in [0.4, 0.5) is 0 Å². The number of benzene rings is 3. The van der Waals surface area contributed by atoms with E-state index in [1.54, 1.807) is 6.92 Å². The van der Waals surface area contributed by atoms with Crippen molar-refractivity contribution in [2.75, 3.05) is 19.8 Å². The van der Waals surface area contributed by atoms with Crippen LogP contribution in [-0.4, -0.2) is 31.9 Å². The van der Waals surface area contributed by atoms with Crippen LogP contribution >= 0.6 is 15.9 Å². The topological polar surface area (TPSA) is 44.8 Å². The van der Waals surface area contributed by atoms with E-state index < -0.39 is 6.10 Å². The summed E-state index contributed by atoms with van der Waals surface area (Å²) in [5.41, 5.74) is 5.71.